The monoisotopic (exact) mass is 393 g/mol. The number of ether oxygens (including phenoxy) is 2. The van der Waals surface area contributed by atoms with Crippen LogP contribution in [0.2, 0.25) is 0 Å². The molecule has 0 fully saturated rings. The van der Waals surface area contributed by atoms with E-state index in [1.807, 2.05) is 91.0 Å². The minimum Gasteiger partial charge on any atom is -0.354 e. The summed E-state index contributed by atoms with van der Waals surface area (Å²) in [5, 5.41) is -0.585. The van der Waals surface area contributed by atoms with Gasteiger partial charge in [-0.15, -0.1) is 11.8 Å². The van der Waals surface area contributed by atoms with Gasteiger partial charge in [0, 0.05) is 30.5 Å². The van der Waals surface area contributed by atoms with Gasteiger partial charge in [-0.25, -0.2) is 0 Å². The van der Waals surface area contributed by atoms with E-state index >= 15 is 0 Å². The highest BCUT2D eigenvalue weighted by Crippen LogP contribution is 2.33. The van der Waals surface area contributed by atoms with Crippen molar-refractivity contribution in [1.82, 2.24) is 0 Å². The standard InChI is InChI=1S/C23H23NO3S/c1-26-23(27-2)21(28-20-16-10-5-11-17-20)22(25)24(18-12-6-3-7-13-18)19-14-8-4-9-15-19/h3-17,21,23H,1-2H3. The van der Waals surface area contributed by atoms with Crippen molar-refractivity contribution in [1.29, 1.82) is 0 Å². The molecule has 144 valence electrons. The summed E-state index contributed by atoms with van der Waals surface area (Å²) in [6.07, 6.45) is -0.687. The molecule has 4 nitrogen and oxygen atoms in total. The van der Waals surface area contributed by atoms with Crippen LogP contribution in [0.25, 0.3) is 0 Å². The van der Waals surface area contributed by atoms with E-state index in [2.05, 4.69) is 0 Å². The van der Waals surface area contributed by atoms with Crippen molar-refractivity contribution >= 4 is 29.0 Å². The molecule has 0 saturated carbocycles. The van der Waals surface area contributed by atoms with Crippen LogP contribution in [0.4, 0.5) is 11.4 Å². The van der Waals surface area contributed by atoms with Crippen molar-refractivity contribution in [2.45, 2.75) is 16.4 Å². The molecule has 0 aromatic heterocycles. The van der Waals surface area contributed by atoms with Gasteiger partial charge in [-0.1, -0.05) is 54.6 Å². The Balaban J connectivity index is 2.01. The molecular weight excluding hydrogens is 370 g/mol. The number of carbonyl (C=O) groups is 1. The Morgan fingerprint density at radius 3 is 1.61 bits per heavy atom. The Hall–Kier alpha value is -2.60. The predicted molar refractivity (Wildman–Crippen MR) is 114 cm³/mol. The van der Waals surface area contributed by atoms with Gasteiger partial charge in [-0.05, 0) is 36.4 Å². The first-order chi connectivity index (χ1) is 13.7. The van der Waals surface area contributed by atoms with Crippen molar-refractivity contribution in [3.05, 3.63) is 91.0 Å². The second-order valence-electron chi connectivity index (χ2n) is 6.04. The third kappa shape index (κ3) is 4.81. The Morgan fingerprint density at radius 2 is 1.18 bits per heavy atom. The number of carbonyl (C=O) groups excluding carboxylic acids is 1. The summed E-state index contributed by atoms with van der Waals surface area (Å²) in [5.74, 6) is -0.111. The lowest BCUT2D eigenvalue weighted by atomic mass is 10.2. The summed E-state index contributed by atoms with van der Waals surface area (Å²) in [6, 6.07) is 29.0. The van der Waals surface area contributed by atoms with Gasteiger partial charge in [0.1, 0.15) is 5.25 Å². The van der Waals surface area contributed by atoms with Gasteiger partial charge in [0.25, 0.3) is 0 Å². The molecule has 0 aliphatic carbocycles. The number of benzene rings is 3. The Kier molecular flexibility index (Phi) is 7.25. The second kappa shape index (κ2) is 10.1. The lowest BCUT2D eigenvalue weighted by Crippen LogP contribution is -2.42. The number of rotatable bonds is 8. The molecule has 0 spiro atoms. The Morgan fingerprint density at radius 1 is 0.750 bits per heavy atom. The highest BCUT2D eigenvalue weighted by atomic mass is 32.2. The van der Waals surface area contributed by atoms with E-state index in [4.69, 9.17) is 9.47 Å². The minimum atomic E-state index is -0.687. The fourth-order valence-corrected chi connectivity index (χ4v) is 4.04. The third-order valence-corrected chi connectivity index (χ3v) is 5.43. The van der Waals surface area contributed by atoms with E-state index in [1.165, 1.54) is 11.8 Å². The molecule has 3 rings (SSSR count). The molecule has 0 N–H and O–H groups in total. The third-order valence-electron chi connectivity index (χ3n) is 4.21. The number of methoxy groups -OCH3 is 2. The van der Waals surface area contributed by atoms with Gasteiger partial charge < -0.3 is 9.47 Å². The van der Waals surface area contributed by atoms with E-state index in [0.29, 0.717) is 0 Å². The van der Waals surface area contributed by atoms with E-state index in [1.54, 1.807) is 19.1 Å². The zero-order chi connectivity index (χ0) is 19.8. The smallest absolute Gasteiger partial charge is 0.250 e. The second-order valence-corrected chi connectivity index (χ2v) is 7.25. The van der Waals surface area contributed by atoms with Crippen LogP contribution in [0.1, 0.15) is 0 Å². The van der Waals surface area contributed by atoms with Crippen molar-refractivity contribution in [2.24, 2.45) is 0 Å². The normalized spacial score (nSPS) is 12.0. The first kappa shape index (κ1) is 20.1. The molecule has 3 aromatic rings. The molecule has 0 saturated heterocycles. The average molecular weight is 394 g/mol. The first-order valence-corrected chi connectivity index (χ1v) is 9.84. The quantitative estimate of drug-likeness (QED) is 0.393. The SMILES string of the molecule is COC(OC)C(Sc1ccccc1)C(=O)N(c1ccccc1)c1ccccc1. The molecule has 5 heteroatoms. The lowest BCUT2D eigenvalue weighted by Gasteiger charge is -2.30. The molecule has 0 bridgehead atoms. The number of para-hydroxylation sites is 2. The number of thioether (sulfide) groups is 1. The highest BCUT2D eigenvalue weighted by Gasteiger charge is 2.34. The van der Waals surface area contributed by atoms with E-state index in [-0.39, 0.29) is 5.91 Å². The minimum absolute atomic E-state index is 0.111. The van der Waals surface area contributed by atoms with Crippen LogP contribution in [0.15, 0.2) is 95.9 Å². The summed E-state index contributed by atoms with van der Waals surface area (Å²) in [4.78, 5) is 16.4. The van der Waals surface area contributed by atoms with Gasteiger partial charge in [0.05, 0.1) is 0 Å². The fourth-order valence-electron chi connectivity index (χ4n) is 2.90. The van der Waals surface area contributed by atoms with Crippen LogP contribution in [0, 0.1) is 0 Å². The number of nitrogens with zero attached hydrogens (tertiary/aromatic N) is 1. The van der Waals surface area contributed by atoms with Gasteiger partial charge in [-0.2, -0.15) is 0 Å². The van der Waals surface area contributed by atoms with Gasteiger partial charge >= 0.3 is 0 Å². The Labute approximate surface area is 170 Å². The van der Waals surface area contributed by atoms with Crippen LogP contribution < -0.4 is 4.90 Å². The maximum atomic E-state index is 13.8. The number of hydrogen-bond acceptors (Lipinski definition) is 4. The lowest BCUT2D eigenvalue weighted by molar-refractivity contribution is -0.134. The van der Waals surface area contributed by atoms with Gasteiger partial charge in [0.2, 0.25) is 5.91 Å². The summed E-state index contributed by atoms with van der Waals surface area (Å²) < 4.78 is 11.0. The maximum absolute atomic E-state index is 13.8. The average Bonchev–Trinajstić information content (AvgIpc) is 2.76. The molecule has 0 heterocycles. The maximum Gasteiger partial charge on any atom is 0.250 e. The number of amides is 1. The van der Waals surface area contributed by atoms with Gasteiger partial charge in [-0.3, -0.25) is 9.69 Å². The summed E-state index contributed by atoms with van der Waals surface area (Å²) >= 11 is 1.43. The molecule has 1 unspecified atom stereocenters. The summed E-state index contributed by atoms with van der Waals surface area (Å²) in [7, 11) is 3.10. The van der Waals surface area contributed by atoms with Crippen molar-refractivity contribution in [3.8, 4) is 0 Å². The molecule has 1 atom stereocenters. The molecule has 0 aliphatic heterocycles. The number of hydrogen-bond donors (Lipinski definition) is 0. The highest BCUT2D eigenvalue weighted by molar-refractivity contribution is 8.00. The van der Waals surface area contributed by atoms with Crippen molar-refractivity contribution in [2.75, 3.05) is 19.1 Å². The molecule has 1 amide bonds. The Bertz CT molecular complexity index is 815. The van der Waals surface area contributed by atoms with Gasteiger partial charge in [0.15, 0.2) is 6.29 Å². The van der Waals surface area contributed by atoms with Crippen molar-refractivity contribution < 1.29 is 14.3 Å². The van der Waals surface area contributed by atoms with E-state index in [0.717, 1.165) is 16.3 Å². The predicted octanol–water partition coefficient (Wildman–Crippen LogP) is 5.13. The molecule has 0 aliphatic rings. The first-order valence-electron chi connectivity index (χ1n) is 8.96. The fraction of sp³-hybridized carbons (Fsp3) is 0.174. The molecule has 3 aromatic carbocycles. The van der Waals surface area contributed by atoms with Crippen LogP contribution in [-0.4, -0.2) is 31.7 Å². The number of anilines is 2. The molecular formula is C23H23NO3S. The van der Waals surface area contributed by atoms with Crippen LogP contribution in [-0.2, 0) is 14.3 Å². The molecule has 28 heavy (non-hydrogen) atoms. The zero-order valence-corrected chi connectivity index (χ0v) is 16.7. The van der Waals surface area contributed by atoms with E-state index in [9.17, 15) is 4.79 Å². The topological polar surface area (TPSA) is 38.8 Å². The van der Waals surface area contributed by atoms with Crippen LogP contribution >= 0.6 is 11.8 Å². The van der Waals surface area contributed by atoms with Crippen molar-refractivity contribution in [3.63, 3.8) is 0 Å². The summed E-state index contributed by atoms with van der Waals surface area (Å²) in [6.45, 7) is 0. The zero-order valence-electron chi connectivity index (χ0n) is 15.9. The summed E-state index contributed by atoms with van der Waals surface area (Å²) in [5.41, 5.74) is 1.59. The van der Waals surface area contributed by atoms with Crippen LogP contribution in [0.3, 0.4) is 0 Å². The van der Waals surface area contributed by atoms with Crippen LogP contribution in [0.5, 0.6) is 0 Å². The largest absolute Gasteiger partial charge is 0.354 e. The molecule has 0 radical (unpaired) electrons. The van der Waals surface area contributed by atoms with E-state index < -0.39 is 11.5 Å².